The van der Waals surface area contributed by atoms with Crippen molar-refractivity contribution in [1.82, 2.24) is 4.90 Å². The van der Waals surface area contributed by atoms with E-state index >= 15 is 0 Å². The van der Waals surface area contributed by atoms with E-state index in [-0.39, 0.29) is 18.4 Å². The molecule has 0 spiro atoms. The van der Waals surface area contributed by atoms with E-state index in [0.717, 1.165) is 4.90 Å². The van der Waals surface area contributed by atoms with E-state index in [2.05, 4.69) is 5.92 Å². The van der Waals surface area contributed by atoms with Crippen LogP contribution in [0.1, 0.15) is 20.7 Å². The van der Waals surface area contributed by atoms with Crippen LogP contribution >= 0.6 is 11.6 Å². The van der Waals surface area contributed by atoms with Crippen molar-refractivity contribution >= 4 is 23.4 Å². The van der Waals surface area contributed by atoms with Gasteiger partial charge in [-0.05, 0) is 18.2 Å². The van der Waals surface area contributed by atoms with Gasteiger partial charge in [-0.1, -0.05) is 17.5 Å². The number of nitrogens with zero attached hydrogens (tertiary/aromatic N) is 1. The zero-order valence-electron chi connectivity index (χ0n) is 7.66. The second-order valence-corrected chi connectivity index (χ2v) is 3.53. The molecule has 0 fully saturated rings. The predicted molar refractivity (Wildman–Crippen MR) is 55.7 cm³/mol. The molecule has 0 bridgehead atoms. The number of rotatable bonds is 1. The molecule has 0 saturated carbocycles. The van der Waals surface area contributed by atoms with Crippen LogP contribution in [0.3, 0.4) is 0 Å². The Morgan fingerprint density at radius 1 is 1.27 bits per heavy atom. The van der Waals surface area contributed by atoms with Gasteiger partial charge in [0, 0.05) is 5.02 Å². The molecule has 2 amide bonds. The molecule has 0 aliphatic carbocycles. The zero-order chi connectivity index (χ0) is 11.0. The molecule has 4 heteroatoms. The van der Waals surface area contributed by atoms with Crippen molar-refractivity contribution in [3.63, 3.8) is 0 Å². The van der Waals surface area contributed by atoms with Crippen LogP contribution in [0.15, 0.2) is 18.2 Å². The SMILES string of the molecule is C#CCN1C(=O)c2ccc(Cl)cc2C1=O. The Kier molecular flexibility index (Phi) is 2.22. The molecule has 2 rings (SSSR count). The third-order valence-corrected chi connectivity index (χ3v) is 2.42. The fourth-order valence-electron chi connectivity index (χ4n) is 1.50. The average Bonchev–Trinajstić information content (AvgIpc) is 2.44. The summed E-state index contributed by atoms with van der Waals surface area (Å²) >= 11 is 5.74. The van der Waals surface area contributed by atoms with E-state index in [4.69, 9.17) is 18.0 Å². The Morgan fingerprint density at radius 3 is 2.60 bits per heavy atom. The minimum absolute atomic E-state index is 0.00995. The lowest BCUT2D eigenvalue weighted by molar-refractivity contribution is 0.0675. The standard InChI is InChI=1S/C11H6ClNO2/c1-2-5-13-10(14)8-4-3-7(12)6-9(8)11(13)15/h1,3-4,6H,5H2. The number of benzene rings is 1. The minimum atomic E-state index is -0.379. The van der Waals surface area contributed by atoms with Crippen molar-refractivity contribution in [3.05, 3.63) is 34.3 Å². The van der Waals surface area contributed by atoms with Crippen molar-refractivity contribution in [3.8, 4) is 12.3 Å². The molecule has 1 aromatic carbocycles. The molecule has 1 heterocycles. The zero-order valence-corrected chi connectivity index (χ0v) is 8.41. The normalized spacial score (nSPS) is 14.0. The summed E-state index contributed by atoms with van der Waals surface area (Å²) in [4.78, 5) is 24.4. The summed E-state index contributed by atoms with van der Waals surface area (Å²) in [5, 5.41) is 0.428. The topological polar surface area (TPSA) is 37.4 Å². The van der Waals surface area contributed by atoms with E-state index in [9.17, 15) is 9.59 Å². The first-order valence-corrected chi connectivity index (χ1v) is 4.62. The van der Waals surface area contributed by atoms with Gasteiger partial charge in [0.1, 0.15) is 0 Å². The molecule has 1 aliphatic heterocycles. The Balaban J connectivity index is 2.52. The van der Waals surface area contributed by atoms with Gasteiger partial charge in [-0.3, -0.25) is 14.5 Å². The Bertz CT molecular complexity index is 502. The Hall–Kier alpha value is -1.79. The van der Waals surface area contributed by atoms with E-state index in [1.54, 1.807) is 6.07 Å². The smallest absolute Gasteiger partial charge is 0.262 e. The van der Waals surface area contributed by atoms with Gasteiger partial charge in [0.05, 0.1) is 17.7 Å². The summed E-state index contributed by atoms with van der Waals surface area (Å²) in [6.45, 7) is -0.00995. The second kappa shape index (κ2) is 3.41. The average molecular weight is 220 g/mol. The lowest BCUT2D eigenvalue weighted by Gasteiger charge is -2.08. The van der Waals surface area contributed by atoms with Crippen LogP contribution < -0.4 is 0 Å². The molecule has 15 heavy (non-hydrogen) atoms. The van der Waals surface area contributed by atoms with E-state index in [0.29, 0.717) is 16.1 Å². The molecule has 0 N–H and O–H groups in total. The quantitative estimate of drug-likeness (QED) is 0.531. The van der Waals surface area contributed by atoms with E-state index in [1.165, 1.54) is 12.1 Å². The van der Waals surface area contributed by atoms with Gasteiger partial charge in [0.15, 0.2) is 0 Å². The summed E-state index contributed by atoms with van der Waals surface area (Å²) in [5.74, 6) is 1.54. The first-order valence-electron chi connectivity index (χ1n) is 4.24. The number of terminal acetylenes is 1. The first kappa shape index (κ1) is 9.75. The monoisotopic (exact) mass is 219 g/mol. The van der Waals surface area contributed by atoms with Gasteiger partial charge < -0.3 is 0 Å². The number of carbonyl (C=O) groups excluding carboxylic acids is 2. The number of carbonyl (C=O) groups is 2. The molecule has 0 saturated heterocycles. The maximum Gasteiger partial charge on any atom is 0.262 e. The van der Waals surface area contributed by atoms with Crippen LogP contribution in [0.5, 0.6) is 0 Å². The van der Waals surface area contributed by atoms with Gasteiger partial charge in [-0.25, -0.2) is 0 Å². The third kappa shape index (κ3) is 1.39. The molecular formula is C11H6ClNO2. The summed E-state index contributed by atoms with van der Waals surface area (Å²) in [6.07, 6.45) is 5.08. The highest BCUT2D eigenvalue weighted by molar-refractivity contribution is 6.32. The molecule has 0 aromatic heterocycles. The number of hydrogen-bond donors (Lipinski definition) is 0. The van der Waals surface area contributed by atoms with E-state index < -0.39 is 0 Å². The Morgan fingerprint density at radius 2 is 1.93 bits per heavy atom. The highest BCUT2D eigenvalue weighted by Crippen LogP contribution is 2.25. The summed E-state index contributed by atoms with van der Waals surface area (Å²) in [6, 6.07) is 4.59. The number of imide groups is 1. The van der Waals surface area contributed by atoms with Crippen LogP contribution in [0.2, 0.25) is 5.02 Å². The van der Waals surface area contributed by atoms with Crippen molar-refractivity contribution in [2.75, 3.05) is 6.54 Å². The third-order valence-electron chi connectivity index (χ3n) is 2.18. The minimum Gasteiger partial charge on any atom is -0.269 e. The molecule has 1 aromatic rings. The largest absolute Gasteiger partial charge is 0.269 e. The molecule has 1 aliphatic rings. The van der Waals surface area contributed by atoms with Gasteiger partial charge in [0.2, 0.25) is 0 Å². The molecule has 0 radical (unpaired) electrons. The fraction of sp³-hybridized carbons (Fsp3) is 0.0909. The lowest BCUT2D eigenvalue weighted by Crippen LogP contribution is -2.29. The van der Waals surface area contributed by atoms with Crippen LogP contribution in [-0.2, 0) is 0 Å². The van der Waals surface area contributed by atoms with Crippen LogP contribution in [0.4, 0.5) is 0 Å². The van der Waals surface area contributed by atoms with Crippen molar-refractivity contribution in [2.24, 2.45) is 0 Å². The number of amides is 2. The molecule has 0 atom stereocenters. The van der Waals surface area contributed by atoms with Crippen LogP contribution in [0.25, 0.3) is 0 Å². The summed E-state index contributed by atoms with van der Waals surface area (Å²) in [5.41, 5.74) is 0.683. The molecule has 3 nitrogen and oxygen atoms in total. The molecular weight excluding hydrogens is 214 g/mol. The Labute approximate surface area is 91.6 Å². The number of halogens is 1. The highest BCUT2D eigenvalue weighted by Gasteiger charge is 2.34. The maximum absolute atomic E-state index is 11.7. The van der Waals surface area contributed by atoms with Gasteiger partial charge in [-0.2, -0.15) is 0 Å². The lowest BCUT2D eigenvalue weighted by atomic mass is 10.1. The van der Waals surface area contributed by atoms with Crippen molar-refractivity contribution in [1.29, 1.82) is 0 Å². The molecule has 0 unspecified atom stereocenters. The van der Waals surface area contributed by atoms with Crippen molar-refractivity contribution in [2.45, 2.75) is 0 Å². The molecule has 74 valence electrons. The predicted octanol–water partition coefficient (Wildman–Crippen LogP) is 1.57. The summed E-state index contributed by atoms with van der Waals surface area (Å²) in [7, 11) is 0. The first-order chi connectivity index (χ1) is 7.15. The van der Waals surface area contributed by atoms with E-state index in [1.807, 2.05) is 0 Å². The fourth-order valence-corrected chi connectivity index (χ4v) is 1.67. The number of fused-ring (bicyclic) bond motifs is 1. The van der Waals surface area contributed by atoms with Crippen molar-refractivity contribution < 1.29 is 9.59 Å². The van der Waals surface area contributed by atoms with Gasteiger partial charge in [0.25, 0.3) is 11.8 Å². The second-order valence-electron chi connectivity index (χ2n) is 3.09. The van der Waals surface area contributed by atoms with Crippen LogP contribution in [0, 0.1) is 12.3 Å². The van der Waals surface area contributed by atoms with Crippen LogP contribution in [-0.4, -0.2) is 23.3 Å². The summed E-state index contributed by atoms with van der Waals surface area (Å²) < 4.78 is 0. The number of hydrogen-bond acceptors (Lipinski definition) is 2. The van der Waals surface area contributed by atoms with Gasteiger partial charge >= 0.3 is 0 Å². The van der Waals surface area contributed by atoms with Gasteiger partial charge in [-0.15, -0.1) is 6.42 Å². The highest BCUT2D eigenvalue weighted by atomic mass is 35.5. The maximum atomic E-state index is 11.7.